The molecule has 0 unspecified atom stereocenters. The van der Waals surface area contributed by atoms with Gasteiger partial charge in [0, 0.05) is 63.2 Å². The van der Waals surface area contributed by atoms with E-state index < -0.39 is 0 Å². The minimum Gasteiger partial charge on any atom is -0.309 e. The van der Waals surface area contributed by atoms with E-state index in [4.69, 9.17) is 0 Å². The van der Waals surface area contributed by atoms with Crippen molar-refractivity contribution in [2.75, 3.05) is 13.1 Å². The Bertz CT molecular complexity index is 729. The normalized spacial score (nSPS) is 15.3. The van der Waals surface area contributed by atoms with Gasteiger partial charge in [-0.25, -0.2) is 0 Å². The summed E-state index contributed by atoms with van der Waals surface area (Å²) < 4.78 is 3.69. The summed E-state index contributed by atoms with van der Waals surface area (Å²) in [6.07, 6.45) is 7.66. The van der Waals surface area contributed by atoms with Crippen LogP contribution in [0.1, 0.15) is 16.8 Å². The van der Waals surface area contributed by atoms with Crippen LogP contribution in [0, 0.1) is 0 Å². The molecular weight excluding hydrogens is 276 g/mol. The Balaban J connectivity index is 1.78. The van der Waals surface area contributed by atoms with Crippen LogP contribution >= 0.6 is 0 Å². The number of aromatic nitrogens is 3. The third kappa shape index (κ3) is 3.04. The van der Waals surface area contributed by atoms with Gasteiger partial charge in [-0.05, 0) is 12.0 Å². The van der Waals surface area contributed by atoms with E-state index >= 15 is 0 Å². The number of rotatable bonds is 4. The highest BCUT2D eigenvalue weighted by Crippen LogP contribution is 2.16. The zero-order chi connectivity index (χ0) is 15.5. The van der Waals surface area contributed by atoms with Gasteiger partial charge in [0.15, 0.2) is 0 Å². The van der Waals surface area contributed by atoms with Crippen LogP contribution < -0.4 is 5.56 Å². The Labute approximate surface area is 130 Å². The third-order valence-electron chi connectivity index (χ3n) is 4.23. The molecule has 3 rings (SSSR count). The third-order valence-corrected chi connectivity index (χ3v) is 4.23. The van der Waals surface area contributed by atoms with Gasteiger partial charge in [0.2, 0.25) is 0 Å². The van der Waals surface area contributed by atoms with Gasteiger partial charge in [0.1, 0.15) is 0 Å². The minimum absolute atomic E-state index is 0.0689. The summed E-state index contributed by atoms with van der Waals surface area (Å²) in [5.74, 6) is 0. The molecule has 0 amide bonds. The fourth-order valence-corrected chi connectivity index (χ4v) is 3.14. The average molecular weight is 298 g/mol. The van der Waals surface area contributed by atoms with Gasteiger partial charge < -0.3 is 4.57 Å². The number of aryl methyl sites for hydroxylation is 1. The number of pyridine rings is 1. The molecule has 0 saturated heterocycles. The second kappa shape index (κ2) is 6.32. The first-order valence-electron chi connectivity index (χ1n) is 7.70. The van der Waals surface area contributed by atoms with Crippen LogP contribution in [0.25, 0.3) is 0 Å². The quantitative estimate of drug-likeness (QED) is 0.801. The molecule has 0 N–H and O–H groups in total. The van der Waals surface area contributed by atoms with E-state index in [2.05, 4.69) is 22.8 Å². The van der Waals surface area contributed by atoms with E-state index in [0.29, 0.717) is 6.54 Å². The summed E-state index contributed by atoms with van der Waals surface area (Å²) in [5.41, 5.74) is 3.76. The predicted octanol–water partition coefficient (Wildman–Crippen LogP) is 1.37. The van der Waals surface area contributed by atoms with Crippen LogP contribution in [-0.2, 0) is 33.0 Å². The topological polar surface area (TPSA) is 43.1 Å². The molecule has 1 aliphatic heterocycles. The fraction of sp³-hybridized carbons (Fsp3) is 0.412. The molecule has 1 aliphatic rings. The first-order valence-corrected chi connectivity index (χ1v) is 7.70. The maximum Gasteiger partial charge on any atom is 0.251 e. The Morgan fingerprint density at radius 1 is 1.32 bits per heavy atom. The molecule has 0 aromatic carbocycles. The van der Waals surface area contributed by atoms with Crippen LogP contribution in [0.5, 0.6) is 0 Å². The van der Waals surface area contributed by atoms with Crippen molar-refractivity contribution in [2.24, 2.45) is 7.05 Å². The van der Waals surface area contributed by atoms with E-state index in [-0.39, 0.29) is 5.56 Å². The van der Waals surface area contributed by atoms with Gasteiger partial charge in [-0.2, -0.15) is 5.10 Å². The van der Waals surface area contributed by atoms with E-state index in [9.17, 15) is 4.79 Å². The number of nitrogens with zero attached hydrogens (tertiary/aromatic N) is 4. The van der Waals surface area contributed by atoms with E-state index in [1.807, 2.05) is 28.6 Å². The zero-order valence-corrected chi connectivity index (χ0v) is 13.0. The highest BCUT2D eigenvalue weighted by Gasteiger charge is 2.17. The summed E-state index contributed by atoms with van der Waals surface area (Å²) >= 11 is 0. The Kier molecular flexibility index (Phi) is 4.24. The van der Waals surface area contributed by atoms with Crippen LogP contribution in [-0.4, -0.2) is 32.3 Å². The molecule has 0 spiro atoms. The summed E-state index contributed by atoms with van der Waals surface area (Å²) in [7, 11) is 1.94. The summed E-state index contributed by atoms with van der Waals surface area (Å²) in [4.78, 5) is 14.5. The Morgan fingerprint density at radius 2 is 2.14 bits per heavy atom. The summed E-state index contributed by atoms with van der Waals surface area (Å²) in [6, 6.07) is 3.67. The molecule has 3 heterocycles. The van der Waals surface area contributed by atoms with Crippen molar-refractivity contribution in [2.45, 2.75) is 25.9 Å². The highest BCUT2D eigenvalue weighted by atomic mass is 16.1. The molecule has 2 aromatic rings. The van der Waals surface area contributed by atoms with Gasteiger partial charge in [-0.1, -0.05) is 12.1 Å². The number of fused-ring (bicyclic) bond motifs is 1. The van der Waals surface area contributed by atoms with Crippen molar-refractivity contribution < 1.29 is 0 Å². The van der Waals surface area contributed by atoms with Crippen LogP contribution in [0.4, 0.5) is 0 Å². The number of allylic oxidation sites excluding steroid dienone is 1. The number of hydrogen-bond donors (Lipinski definition) is 0. The standard InChI is InChI=1S/C17H22N4O/c1-3-8-21-16-7-10-20(13-14-11-18-19(2)12-14)9-6-15(16)4-5-17(21)22/h3-5,11-12H,1,6-10,13H2,2H3. The van der Waals surface area contributed by atoms with Crippen molar-refractivity contribution in [1.82, 2.24) is 19.2 Å². The molecule has 0 saturated carbocycles. The average Bonchev–Trinajstić information content (AvgIpc) is 2.79. The highest BCUT2D eigenvalue weighted by molar-refractivity contribution is 5.24. The molecule has 0 bridgehead atoms. The smallest absolute Gasteiger partial charge is 0.251 e. The van der Waals surface area contributed by atoms with Crippen LogP contribution in [0.2, 0.25) is 0 Å². The van der Waals surface area contributed by atoms with E-state index in [0.717, 1.165) is 32.5 Å². The molecule has 116 valence electrons. The second-order valence-corrected chi connectivity index (χ2v) is 5.84. The van der Waals surface area contributed by atoms with E-state index in [1.54, 1.807) is 12.1 Å². The lowest BCUT2D eigenvalue weighted by Gasteiger charge is -2.18. The summed E-state index contributed by atoms with van der Waals surface area (Å²) in [5, 5.41) is 4.23. The number of hydrogen-bond acceptors (Lipinski definition) is 3. The SMILES string of the molecule is C=CCn1c2c(ccc1=O)CCN(Cc1cnn(C)c1)CC2. The lowest BCUT2D eigenvalue weighted by Crippen LogP contribution is -2.26. The molecule has 5 heteroatoms. The largest absolute Gasteiger partial charge is 0.309 e. The van der Waals surface area contributed by atoms with Crippen molar-refractivity contribution in [1.29, 1.82) is 0 Å². The maximum atomic E-state index is 12.1. The van der Waals surface area contributed by atoms with Gasteiger partial charge in [-0.15, -0.1) is 6.58 Å². The minimum atomic E-state index is 0.0689. The van der Waals surface area contributed by atoms with Gasteiger partial charge in [0.25, 0.3) is 5.56 Å². The Morgan fingerprint density at radius 3 is 2.86 bits per heavy atom. The molecule has 22 heavy (non-hydrogen) atoms. The molecule has 2 aromatic heterocycles. The Hall–Kier alpha value is -2.14. The molecule has 0 fully saturated rings. The first kappa shape index (κ1) is 14.8. The van der Waals surface area contributed by atoms with Crippen molar-refractivity contribution in [3.63, 3.8) is 0 Å². The first-order chi connectivity index (χ1) is 10.7. The molecular formula is C17H22N4O. The molecule has 0 aliphatic carbocycles. The van der Waals surface area contributed by atoms with Gasteiger partial charge >= 0.3 is 0 Å². The molecule has 0 atom stereocenters. The lowest BCUT2D eigenvalue weighted by atomic mass is 10.1. The van der Waals surface area contributed by atoms with E-state index in [1.165, 1.54) is 16.8 Å². The maximum absolute atomic E-state index is 12.1. The molecule has 5 nitrogen and oxygen atoms in total. The van der Waals surface area contributed by atoms with Crippen molar-refractivity contribution in [3.05, 3.63) is 64.4 Å². The second-order valence-electron chi connectivity index (χ2n) is 5.84. The fourth-order valence-electron chi connectivity index (χ4n) is 3.14. The predicted molar refractivity (Wildman–Crippen MR) is 86.8 cm³/mol. The zero-order valence-electron chi connectivity index (χ0n) is 13.0. The van der Waals surface area contributed by atoms with Crippen LogP contribution in [0.15, 0.2) is 42.0 Å². The molecule has 0 radical (unpaired) electrons. The summed E-state index contributed by atoms with van der Waals surface area (Å²) in [6.45, 7) is 7.23. The van der Waals surface area contributed by atoms with Crippen LogP contribution in [0.3, 0.4) is 0 Å². The van der Waals surface area contributed by atoms with Crippen molar-refractivity contribution in [3.8, 4) is 0 Å². The van der Waals surface area contributed by atoms with Crippen molar-refractivity contribution >= 4 is 0 Å². The van der Waals surface area contributed by atoms with Gasteiger partial charge in [0.05, 0.1) is 6.20 Å². The lowest BCUT2D eigenvalue weighted by molar-refractivity contribution is 0.278. The van der Waals surface area contributed by atoms with Gasteiger partial charge in [-0.3, -0.25) is 14.4 Å². The monoisotopic (exact) mass is 298 g/mol.